The van der Waals surface area contributed by atoms with Gasteiger partial charge in [0.15, 0.2) is 14.1 Å². The van der Waals surface area contributed by atoms with Crippen LogP contribution in [0.4, 0.5) is 0 Å². The Morgan fingerprint density at radius 1 is 1.50 bits per heavy atom. The minimum atomic E-state index is -1.80. The molecule has 102 valence electrons. The highest BCUT2D eigenvalue weighted by atomic mass is 28.4. The molecular weight excluding hydrogens is 240 g/mol. The molecule has 0 radical (unpaired) electrons. The third kappa shape index (κ3) is 3.21. The molecule has 0 bridgehead atoms. The molecule has 18 heavy (non-hydrogen) atoms. The Bertz CT molecular complexity index is 374. The van der Waals surface area contributed by atoms with Crippen molar-refractivity contribution in [3.05, 3.63) is 24.3 Å². The van der Waals surface area contributed by atoms with Crippen molar-refractivity contribution in [1.29, 1.82) is 0 Å². The fourth-order valence-corrected chi connectivity index (χ4v) is 3.08. The highest BCUT2D eigenvalue weighted by Gasteiger charge is 2.40. The zero-order chi connectivity index (χ0) is 14.1. The highest BCUT2D eigenvalue weighted by Crippen LogP contribution is 2.39. The normalized spacial score (nSPS) is 22.9. The van der Waals surface area contributed by atoms with E-state index in [2.05, 4.69) is 40.4 Å². The number of carbonyl (C=O) groups is 1. The summed E-state index contributed by atoms with van der Waals surface area (Å²) in [5.41, 5.74) is 0.869. The molecular formula is C15H26O2Si. The van der Waals surface area contributed by atoms with E-state index in [4.69, 9.17) is 4.43 Å². The lowest BCUT2D eigenvalue weighted by Gasteiger charge is -2.37. The van der Waals surface area contributed by atoms with Crippen molar-refractivity contribution in [3.63, 3.8) is 0 Å². The molecule has 2 nitrogen and oxygen atoms in total. The van der Waals surface area contributed by atoms with E-state index in [0.29, 0.717) is 6.42 Å². The second kappa shape index (κ2) is 5.14. The summed E-state index contributed by atoms with van der Waals surface area (Å²) in [6, 6.07) is 0. The van der Waals surface area contributed by atoms with Crippen LogP contribution in [0.2, 0.25) is 18.1 Å². The molecule has 1 aliphatic rings. The quantitative estimate of drug-likeness (QED) is 0.565. The number of carbonyl (C=O) groups excluding carboxylic acids is 1. The number of Topliss-reactive ketones (excluding diaryl/α,β-unsaturated/α-hetero) is 1. The van der Waals surface area contributed by atoms with Gasteiger partial charge in [-0.15, -0.1) is 6.58 Å². The molecule has 0 aromatic rings. The van der Waals surface area contributed by atoms with Crippen molar-refractivity contribution in [2.24, 2.45) is 5.92 Å². The minimum Gasteiger partial charge on any atom is -0.410 e. The highest BCUT2D eigenvalue weighted by molar-refractivity contribution is 6.74. The number of rotatable bonds is 4. The Hall–Kier alpha value is -0.673. The summed E-state index contributed by atoms with van der Waals surface area (Å²) in [4.78, 5) is 11.9. The lowest BCUT2D eigenvalue weighted by molar-refractivity contribution is -0.116. The van der Waals surface area contributed by atoms with Gasteiger partial charge in [0.1, 0.15) is 0 Å². The fourth-order valence-electron chi connectivity index (χ4n) is 1.82. The van der Waals surface area contributed by atoms with Gasteiger partial charge in [0, 0.05) is 17.9 Å². The average Bonchev–Trinajstić information content (AvgIpc) is 2.55. The van der Waals surface area contributed by atoms with E-state index in [9.17, 15) is 4.79 Å². The Kier molecular flexibility index (Phi) is 4.39. The zero-order valence-electron chi connectivity index (χ0n) is 12.5. The Balaban J connectivity index is 2.81. The van der Waals surface area contributed by atoms with Gasteiger partial charge in [-0.25, -0.2) is 0 Å². The maximum atomic E-state index is 11.9. The van der Waals surface area contributed by atoms with Gasteiger partial charge < -0.3 is 4.43 Å². The predicted molar refractivity (Wildman–Crippen MR) is 79.1 cm³/mol. The van der Waals surface area contributed by atoms with Crippen molar-refractivity contribution in [3.8, 4) is 0 Å². The molecule has 0 amide bonds. The second-order valence-electron chi connectivity index (χ2n) is 6.69. The first-order chi connectivity index (χ1) is 8.08. The molecule has 0 aliphatic heterocycles. The van der Waals surface area contributed by atoms with Gasteiger partial charge in [-0.05, 0) is 24.2 Å². The molecule has 2 atom stereocenters. The van der Waals surface area contributed by atoms with Crippen LogP contribution >= 0.6 is 0 Å². The van der Waals surface area contributed by atoms with Crippen LogP contribution in [0.25, 0.3) is 0 Å². The van der Waals surface area contributed by atoms with Crippen molar-refractivity contribution in [2.45, 2.75) is 58.4 Å². The van der Waals surface area contributed by atoms with Crippen LogP contribution in [-0.2, 0) is 9.22 Å². The predicted octanol–water partition coefficient (Wildman–Crippen LogP) is 4.10. The summed E-state index contributed by atoms with van der Waals surface area (Å²) < 4.78 is 6.27. The van der Waals surface area contributed by atoms with Crippen LogP contribution in [0.5, 0.6) is 0 Å². The van der Waals surface area contributed by atoms with E-state index in [1.54, 1.807) is 0 Å². The number of ketones is 1. The molecule has 0 saturated heterocycles. The van der Waals surface area contributed by atoms with Gasteiger partial charge >= 0.3 is 0 Å². The molecule has 0 heterocycles. The van der Waals surface area contributed by atoms with Crippen LogP contribution in [-0.4, -0.2) is 20.2 Å². The van der Waals surface area contributed by atoms with Crippen LogP contribution in [0, 0.1) is 5.92 Å². The summed E-state index contributed by atoms with van der Waals surface area (Å²) >= 11 is 0. The zero-order valence-corrected chi connectivity index (χ0v) is 13.5. The smallest absolute Gasteiger partial charge is 0.192 e. The number of hydrogen-bond donors (Lipinski definition) is 0. The first kappa shape index (κ1) is 15.4. The van der Waals surface area contributed by atoms with Crippen molar-refractivity contribution in [2.75, 3.05) is 0 Å². The molecule has 0 N–H and O–H groups in total. The van der Waals surface area contributed by atoms with E-state index in [0.717, 1.165) is 5.57 Å². The maximum absolute atomic E-state index is 11.9. The lowest BCUT2D eigenvalue weighted by atomic mass is 10.0. The molecule has 0 aromatic heterocycles. The molecule has 0 spiro atoms. The molecule has 1 unspecified atom stereocenters. The van der Waals surface area contributed by atoms with Gasteiger partial charge in [-0.3, -0.25) is 4.79 Å². The second-order valence-corrected chi connectivity index (χ2v) is 11.4. The third-order valence-electron chi connectivity index (χ3n) is 4.17. The first-order valence-corrected chi connectivity index (χ1v) is 9.54. The minimum absolute atomic E-state index is 0.0317. The molecule has 0 saturated carbocycles. The van der Waals surface area contributed by atoms with E-state index in [1.165, 1.54) is 0 Å². The summed E-state index contributed by atoms with van der Waals surface area (Å²) in [6.45, 7) is 16.8. The molecule has 1 aliphatic carbocycles. The van der Waals surface area contributed by atoms with Gasteiger partial charge in [0.25, 0.3) is 0 Å². The summed E-state index contributed by atoms with van der Waals surface area (Å²) in [5, 5.41) is 0.177. The van der Waals surface area contributed by atoms with Gasteiger partial charge in [0.2, 0.25) is 0 Å². The first-order valence-electron chi connectivity index (χ1n) is 6.64. The van der Waals surface area contributed by atoms with E-state index >= 15 is 0 Å². The van der Waals surface area contributed by atoms with Crippen LogP contribution in [0.15, 0.2) is 24.3 Å². The van der Waals surface area contributed by atoms with E-state index < -0.39 is 8.32 Å². The van der Waals surface area contributed by atoms with E-state index in [-0.39, 0.29) is 22.8 Å². The standard InChI is InChI=1S/C15H26O2Si/c1-8-11(2)13-9-12(10-14(13)16)17-18(6,7)15(3,4)5/h8-9,11-12H,1,10H2,2-7H3/t11?,12-/m0/s1. The van der Waals surface area contributed by atoms with Gasteiger partial charge in [0.05, 0.1) is 6.10 Å². The molecule has 1 rings (SSSR count). The Labute approximate surface area is 112 Å². The monoisotopic (exact) mass is 266 g/mol. The Morgan fingerprint density at radius 3 is 2.50 bits per heavy atom. The molecule has 0 aromatic carbocycles. The lowest BCUT2D eigenvalue weighted by Crippen LogP contribution is -2.43. The third-order valence-corrected chi connectivity index (χ3v) is 8.67. The summed E-state index contributed by atoms with van der Waals surface area (Å²) in [6.07, 6.45) is 4.30. The number of allylic oxidation sites excluding steroid dienone is 2. The average molecular weight is 266 g/mol. The number of hydrogen-bond acceptors (Lipinski definition) is 2. The van der Waals surface area contributed by atoms with E-state index in [1.807, 2.05) is 19.1 Å². The fraction of sp³-hybridized carbons (Fsp3) is 0.667. The molecule has 0 fully saturated rings. The molecule has 3 heteroatoms. The summed E-state index contributed by atoms with van der Waals surface area (Å²) in [7, 11) is -1.80. The van der Waals surface area contributed by atoms with Crippen LogP contribution in [0.1, 0.15) is 34.1 Å². The van der Waals surface area contributed by atoms with Gasteiger partial charge in [-0.1, -0.05) is 33.8 Å². The van der Waals surface area contributed by atoms with Crippen LogP contribution < -0.4 is 0 Å². The summed E-state index contributed by atoms with van der Waals surface area (Å²) in [5.74, 6) is 0.344. The topological polar surface area (TPSA) is 26.3 Å². The maximum Gasteiger partial charge on any atom is 0.192 e. The SMILES string of the molecule is C=CC(C)C1=C[C@H](O[Si](C)(C)C(C)(C)C)CC1=O. The van der Waals surface area contributed by atoms with Gasteiger partial charge in [-0.2, -0.15) is 0 Å². The van der Waals surface area contributed by atoms with Crippen molar-refractivity contribution in [1.82, 2.24) is 0 Å². The van der Waals surface area contributed by atoms with Crippen molar-refractivity contribution >= 4 is 14.1 Å². The Morgan fingerprint density at radius 2 is 2.06 bits per heavy atom. The van der Waals surface area contributed by atoms with Crippen LogP contribution in [0.3, 0.4) is 0 Å². The largest absolute Gasteiger partial charge is 0.410 e. The van der Waals surface area contributed by atoms with Crippen molar-refractivity contribution < 1.29 is 9.22 Å².